The zero-order valence-corrected chi connectivity index (χ0v) is 24.4. The topological polar surface area (TPSA) is 81.2 Å². The molecular formula is C31H35F6N3O4. The van der Waals surface area contributed by atoms with Gasteiger partial charge in [-0.3, -0.25) is 14.4 Å². The van der Waals surface area contributed by atoms with Gasteiger partial charge >= 0.3 is 12.4 Å². The van der Waals surface area contributed by atoms with Crippen molar-refractivity contribution in [3.63, 3.8) is 0 Å². The molecule has 2 saturated heterocycles. The van der Waals surface area contributed by atoms with Crippen molar-refractivity contribution in [2.24, 2.45) is 11.8 Å². The largest absolute Gasteiger partial charge is 0.416 e. The lowest BCUT2D eigenvalue weighted by Gasteiger charge is -2.42. The monoisotopic (exact) mass is 627 g/mol. The van der Waals surface area contributed by atoms with Gasteiger partial charge in [0.1, 0.15) is 6.61 Å². The predicted octanol–water partition coefficient (Wildman–Crippen LogP) is 4.85. The van der Waals surface area contributed by atoms with E-state index in [1.165, 1.54) is 11.9 Å². The Morgan fingerprint density at radius 3 is 2.00 bits per heavy atom. The number of piperidine rings is 2. The van der Waals surface area contributed by atoms with E-state index in [1.54, 1.807) is 4.90 Å². The fourth-order valence-electron chi connectivity index (χ4n) is 6.25. The molecule has 4 rings (SSSR count). The number of amides is 3. The Labute approximate surface area is 251 Å². The molecule has 0 radical (unpaired) electrons. The van der Waals surface area contributed by atoms with Crippen LogP contribution in [0.15, 0.2) is 42.5 Å². The molecule has 2 aromatic carbocycles. The van der Waals surface area contributed by atoms with E-state index in [0.717, 1.165) is 16.0 Å². The van der Waals surface area contributed by atoms with Crippen LogP contribution in [-0.2, 0) is 33.3 Å². The van der Waals surface area contributed by atoms with E-state index < -0.39 is 60.3 Å². The van der Waals surface area contributed by atoms with Crippen LogP contribution in [0.4, 0.5) is 26.3 Å². The number of rotatable bonds is 6. The molecule has 0 saturated carbocycles. The number of aliphatic hydroxyl groups excluding tert-OH is 1. The molecule has 2 aliphatic heterocycles. The average Bonchev–Trinajstić information content (AvgIpc) is 2.99. The summed E-state index contributed by atoms with van der Waals surface area (Å²) in [6, 6.07) is 8.67. The first kappa shape index (κ1) is 33.3. The van der Waals surface area contributed by atoms with Crippen LogP contribution in [-0.4, -0.2) is 77.4 Å². The zero-order chi connectivity index (χ0) is 32.4. The molecule has 7 nitrogen and oxygen atoms in total. The van der Waals surface area contributed by atoms with E-state index in [9.17, 15) is 40.7 Å². The standard InChI is InChI=1S/C31H35F6N3O4/c1-19-5-3-4-6-24(19)26-17-40(28(43)21-7-10-39(11-8-21)27(42)18-41)12-9-25(26)29(44)38(2)16-20-13-22(30(32,33)34)15-23(14-20)31(35,36)37/h3-6,13-15,21,25-26,41H,7-12,16-18H2,1-2H3/t25?,26-/m1/s1. The number of carbonyl (C=O) groups excluding carboxylic acids is 3. The summed E-state index contributed by atoms with van der Waals surface area (Å²) in [5, 5.41) is 9.12. The summed E-state index contributed by atoms with van der Waals surface area (Å²) in [7, 11) is 1.35. The molecule has 2 aromatic rings. The molecule has 240 valence electrons. The highest BCUT2D eigenvalue weighted by atomic mass is 19.4. The second-order valence-electron chi connectivity index (χ2n) is 11.6. The van der Waals surface area contributed by atoms with E-state index in [-0.39, 0.29) is 43.0 Å². The Bertz CT molecular complexity index is 1340. The van der Waals surface area contributed by atoms with Gasteiger partial charge in [-0.15, -0.1) is 0 Å². The maximum Gasteiger partial charge on any atom is 0.416 e. The fraction of sp³-hybridized carbons (Fsp3) is 0.516. The van der Waals surface area contributed by atoms with Crippen molar-refractivity contribution >= 4 is 17.7 Å². The number of benzene rings is 2. The van der Waals surface area contributed by atoms with Gasteiger partial charge in [0.05, 0.1) is 11.1 Å². The van der Waals surface area contributed by atoms with Crippen molar-refractivity contribution in [2.75, 3.05) is 39.8 Å². The molecule has 1 unspecified atom stereocenters. The highest BCUT2D eigenvalue weighted by molar-refractivity contribution is 5.83. The molecule has 44 heavy (non-hydrogen) atoms. The Kier molecular flexibility index (Phi) is 9.96. The SMILES string of the molecule is Cc1ccccc1[C@H]1CN(C(=O)C2CCN(C(=O)CO)CC2)CCC1C(=O)N(C)Cc1cc(C(F)(F)F)cc(C(F)(F)F)c1. The van der Waals surface area contributed by atoms with E-state index in [0.29, 0.717) is 38.1 Å². The minimum Gasteiger partial charge on any atom is -0.387 e. The smallest absolute Gasteiger partial charge is 0.387 e. The van der Waals surface area contributed by atoms with Gasteiger partial charge in [-0.1, -0.05) is 24.3 Å². The maximum absolute atomic E-state index is 13.8. The number of halogens is 6. The third-order valence-corrected chi connectivity index (χ3v) is 8.61. The normalized spacial score (nSPS) is 20.0. The first-order chi connectivity index (χ1) is 20.6. The van der Waals surface area contributed by atoms with Crippen LogP contribution in [0.25, 0.3) is 0 Å². The quantitative estimate of drug-likeness (QED) is 0.465. The van der Waals surface area contributed by atoms with E-state index in [2.05, 4.69) is 0 Å². The number of aliphatic hydroxyl groups is 1. The van der Waals surface area contributed by atoms with Gasteiger partial charge < -0.3 is 19.8 Å². The number of likely N-dealkylation sites (tertiary alicyclic amines) is 2. The van der Waals surface area contributed by atoms with Crippen LogP contribution >= 0.6 is 0 Å². The van der Waals surface area contributed by atoms with Crippen LogP contribution in [0.3, 0.4) is 0 Å². The fourth-order valence-corrected chi connectivity index (χ4v) is 6.25. The lowest BCUT2D eigenvalue weighted by atomic mass is 9.77. The van der Waals surface area contributed by atoms with Crippen LogP contribution in [0, 0.1) is 18.8 Å². The lowest BCUT2D eigenvalue weighted by Crippen LogP contribution is -2.51. The molecule has 2 aliphatic rings. The third-order valence-electron chi connectivity index (χ3n) is 8.61. The van der Waals surface area contributed by atoms with Gasteiger partial charge in [-0.2, -0.15) is 26.3 Å². The van der Waals surface area contributed by atoms with Crippen molar-refractivity contribution in [3.05, 3.63) is 70.3 Å². The van der Waals surface area contributed by atoms with Crippen LogP contribution < -0.4 is 0 Å². The molecular weight excluding hydrogens is 592 g/mol. The van der Waals surface area contributed by atoms with Crippen LogP contribution in [0.1, 0.15) is 53.0 Å². The number of carbonyl (C=O) groups is 3. The number of nitrogens with zero attached hydrogens (tertiary/aromatic N) is 3. The summed E-state index contributed by atoms with van der Waals surface area (Å²) >= 11 is 0. The summed E-state index contributed by atoms with van der Waals surface area (Å²) in [6.45, 7) is 1.98. The molecule has 2 fully saturated rings. The Morgan fingerprint density at radius 2 is 1.45 bits per heavy atom. The van der Waals surface area contributed by atoms with Gasteiger partial charge in [0.25, 0.3) is 0 Å². The van der Waals surface area contributed by atoms with Gasteiger partial charge in [-0.05, 0) is 61.1 Å². The van der Waals surface area contributed by atoms with Crippen molar-refractivity contribution in [2.45, 2.75) is 51.0 Å². The highest BCUT2D eigenvalue weighted by Crippen LogP contribution is 2.39. The second kappa shape index (κ2) is 13.2. The van der Waals surface area contributed by atoms with Crippen molar-refractivity contribution in [3.8, 4) is 0 Å². The molecule has 0 spiro atoms. The summed E-state index contributed by atoms with van der Waals surface area (Å²) in [5.41, 5.74) is -1.47. The molecule has 13 heteroatoms. The minimum absolute atomic E-state index is 0.0562. The molecule has 2 heterocycles. The van der Waals surface area contributed by atoms with Crippen molar-refractivity contribution in [1.29, 1.82) is 0 Å². The Hall–Kier alpha value is -3.61. The van der Waals surface area contributed by atoms with E-state index >= 15 is 0 Å². The number of aryl methyl sites for hydroxylation is 1. The van der Waals surface area contributed by atoms with Gasteiger partial charge in [-0.25, -0.2) is 0 Å². The first-order valence-corrected chi connectivity index (χ1v) is 14.4. The molecule has 1 N–H and O–H groups in total. The third kappa shape index (κ3) is 7.54. The van der Waals surface area contributed by atoms with Crippen molar-refractivity contribution < 1.29 is 45.8 Å². The van der Waals surface area contributed by atoms with E-state index in [1.807, 2.05) is 31.2 Å². The maximum atomic E-state index is 13.8. The molecule has 0 aliphatic carbocycles. The second-order valence-corrected chi connectivity index (χ2v) is 11.6. The van der Waals surface area contributed by atoms with Gasteiger partial charge in [0.15, 0.2) is 0 Å². The summed E-state index contributed by atoms with van der Waals surface area (Å²) in [5.74, 6) is -2.36. The summed E-state index contributed by atoms with van der Waals surface area (Å²) in [6.07, 6.45) is -8.86. The molecule has 0 bridgehead atoms. The van der Waals surface area contributed by atoms with Crippen LogP contribution in [0.5, 0.6) is 0 Å². The zero-order valence-electron chi connectivity index (χ0n) is 24.4. The highest BCUT2D eigenvalue weighted by Gasteiger charge is 2.41. The molecule has 2 atom stereocenters. The number of hydrogen-bond acceptors (Lipinski definition) is 4. The molecule has 3 amide bonds. The Balaban J connectivity index is 1.54. The van der Waals surface area contributed by atoms with Gasteiger partial charge in [0.2, 0.25) is 17.7 Å². The van der Waals surface area contributed by atoms with Crippen LogP contribution in [0.2, 0.25) is 0 Å². The van der Waals surface area contributed by atoms with E-state index in [4.69, 9.17) is 5.11 Å². The minimum atomic E-state index is -5.00. The lowest BCUT2D eigenvalue weighted by molar-refractivity contribution is -0.145. The molecule has 0 aromatic heterocycles. The first-order valence-electron chi connectivity index (χ1n) is 14.4. The van der Waals surface area contributed by atoms with Crippen molar-refractivity contribution in [1.82, 2.24) is 14.7 Å². The van der Waals surface area contributed by atoms with Gasteiger partial charge in [0, 0.05) is 57.5 Å². The average molecular weight is 628 g/mol. The summed E-state index contributed by atoms with van der Waals surface area (Å²) < 4.78 is 80.4. The number of alkyl halides is 6. The predicted molar refractivity (Wildman–Crippen MR) is 148 cm³/mol. The Morgan fingerprint density at radius 1 is 0.886 bits per heavy atom. The number of hydrogen-bond donors (Lipinski definition) is 1. The summed E-state index contributed by atoms with van der Waals surface area (Å²) in [4.78, 5) is 43.5.